The van der Waals surface area contributed by atoms with Crippen molar-refractivity contribution in [1.82, 2.24) is 0 Å². The summed E-state index contributed by atoms with van der Waals surface area (Å²) in [5, 5.41) is 2.08. The van der Waals surface area contributed by atoms with Crippen LogP contribution in [-0.4, -0.2) is 5.94 Å². The lowest BCUT2D eigenvalue weighted by Gasteiger charge is -1.65. The maximum absolute atomic E-state index is 8.57. The van der Waals surface area contributed by atoms with Crippen LogP contribution in [0.5, 0.6) is 0 Å². The zero-order valence-corrected chi connectivity index (χ0v) is 6.07. The fraction of sp³-hybridized carbons (Fsp3) is 0.143. The summed E-state index contributed by atoms with van der Waals surface area (Å²) >= 11 is 1.78. The van der Waals surface area contributed by atoms with Crippen molar-refractivity contribution in [1.29, 1.82) is 0 Å². The van der Waals surface area contributed by atoms with Crippen LogP contribution in [0.2, 0.25) is 0 Å². The highest BCUT2D eigenvalue weighted by Crippen LogP contribution is 2.03. The summed E-state index contributed by atoms with van der Waals surface area (Å²) in [7, 11) is 0. The van der Waals surface area contributed by atoms with E-state index in [1.807, 2.05) is 0 Å². The van der Waals surface area contributed by atoms with E-state index in [0.29, 0.717) is 0 Å². The average Bonchev–Trinajstić information content (AvgIpc) is 2.20. The van der Waals surface area contributed by atoms with Crippen molar-refractivity contribution < 1.29 is 4.79 Å². The van der Waals surface area contributed by atoms with Crippen molar-refractivity contribution in [2.75, 3.05) is 0 Å². The molecule has 0 unspecified atom stereocenters. The first-order valence-corrected chi connectivity index (χ1v) is 3.33. The van der Waals surface area contributed by atoms with Gasteiger partial charge in [0, 0.05) is 4.88 Å². The zero-order chi connectivity index (χ0) is 7.11. The van der Waals surface area contributed by atoms with E-state index in [-0.39, 0.29) is 0 Å². The highest BCUT2D eigenvalue weighted by atomic mass is 32.1. The van der Waals surface area contributed by atoms with E-state index >= 15 is 0 Å². The molecule has 1 rings (SSSR count). The van der Waals surface area contributed by atoms with Crippen LogP contribution in [-0.2, 0) is 4.79 Å². The highest BCUT2D eigenvalue weighted by molar-refractivity contribution is 7.09. The Morgan fingerprint density at radius 3 is 2.44 bits per heavy atom. The number of thiophene rings is 1. The Kier molecular flexibility index (Phi) is 4.79. The molecule has 48 valence electrons. The SMILES string of the molecule is C=C=O.Cc1cccs1. The van der Waals surface area contributed by atoms with Gasteiger partial charge in [0.2, 0.25) is 0 Å². The maximum Gasteiger partial charge on any atom is 0.116 e. The highest BCUT2D eigenvalue weighted by Gasteiger charge is 1.74. The Balaban J connectivity index is 0.000000187. The Hall–Kier alpha value is -0.850. The van der Waals surface area contributed by atoms with Gasteiger partial charge in [0.15, 0.2) is 0 Å². The summed E-state index contributed by atoms with van der Waals surface area (Å²) in [4.78, 5) is 9.95. The van der Waals surface area contributed by atoms with Crippen LogP contribution < -0.4 is 0 Å². The predicted octanol–water partition coefficient (Wildman–Crippen LogP) is 2.06. The lowest BCUT2D eigenvalue weighted by atomic mass is 10.5. The molecule has 0 aromatic carbocycles. The molecule has 0 N–H and O–H groups in total. The van der Waals surface area contributed by atoms with Gasteiger partial charge in [-0.25, -0.2) is 4.79 Å². The molecule has 9 heavy (non-hydrogen) atoms. The first-order chi connectivity index (χ1) is 4.31. The van der Waals surface area contributed by atoms with Gasteiger partial charge in [0.05, 0.1) is 0 Å². The second kappa shape index (κ2) is 5.29. The maximum atomic E-state index is 8.57. The molecule has 0 spiro atoms. The third-order valence-electron chi connectivity index (χ3n) is 0.663. The van der Waals surface area contributed by atoms with Crippen LogP contribution in [0.25, 0.3) is 0 Å². The summed E-state index contributed by atoms with van der Waals surface area (Å²) in [6.45, 7) is 4.78. The molecule has 0 atom stereocenters. The molecule has 0 bridgehead atoms. The molecular formula is C7H8OS. The fourth-order valence-electron chi connectivity index (χ4n) is 0.361. The van der Waals surface area contributed by atoms with Crippen LogP contribution >= 0.6 is 11.3 Å². The van der Waals surface area contributed by atoms with Crippen LogP contribution in [0.3, 0.4) is 0 Å². The molecule has 0 saturated heterocycles. The van der Waals surface area contributed by atoms with Crippen molar-refractivity contribution in [3.63, 3.8) is 0 Å². The fourth-order valence-corrected chi connectivity index (χ4v) is 0.890. The third kappa shape index (κ3) is 5.01. The monoisotopic (exact) mass is 140 g/mol. The normalized spacial score (nSPS) is 6.78. The van der Waals surface area contributed by atoms with E-state index in [1.165, 1.54) is 10.8 Å². The second-order valence-corrected chi connectivity index (χ2v) is 2.52. The summed E-state index contributed by atoms with van der Waals surface area (Å²) in [5.74, 6) is 1.25. The van der Waals surface area contributed by atoms with Crippen molar-refractivity contribution in [3.8, 4) is 0 Å². The first-order valence-electron chi connectivity index (χ1n) is 2.45. The summed E-state index contributed by atoms with van der Waals surface area (Å²) < 4.78 is 0. The Labute approximate surface area is 58.6 Å². The van der Waals surface area contributed by atoms with E-state index in [1.54, 1.807) is 11.3 Å². The predicted molar refractivity (Wildman–Crippen MR) is 40.4 cm³/mol. The molecule has 0 radical (unpaired) electrons. The van der Waals surface area contributed by atoms with Gasteiger partial charge < -0.3 is 0 Å². The van der Waals surface area contributed by atoms with Crippen molar-refractivity contribution in [3.05, 3.63) is 29.0 Å². The summed E-state index contributed by atoms with van der Waals surface area (Å²) in [6.07, 6.45) is 0. The standard InChI is InChI=1S/C5H6S.C2H2O/c1-5-3-2-4-6-5;1-2-3/h2-4H,1H3;1H2. The molecule has 0 saturated carbocycles. The number of hydrogen-bond acceptors (Lipinski definition) is 2. The van der Waals surface area contributed by atoms with E-state index < -0.39 is 0 Å². The average molecular weight is 140 g/mol. The summed E-state index contributed by atoms with van der Waals surface area (Å²) in [5.41, 5.74) is 0. The van der Waals surface area contributed by atoms with Gasteiger partial charge in [-0.2, -0.15) is 0 Å². The van der Waals surface area contributed by atoms with Crippen LogP contribution in [0.4, 0.5) is 0 Å². The van der Waals surface area contributed by atoms with E-state index in [9.17, 15) is 0 Å². The minimum Gasteiger partial charge on any atom is -0.234 e. The van der Waals surface area contributed by atoms with Gasteiger partial charge in [0.1, 0.15) is 5.94 Å². The van der Waals surface area contributed by atoms with Gasteiger partial charge in [-0.15, -0.1) is 11.3 Å². The van der Waals surface area contributed by atoms with Crippen molar-refractivity contribution in [2.24, 2.45) is 0 Å². The minimum atomic E-state index is 1.25. The zero-order valence-electron chi connectivity index (χ0n) is 5.26. The van der Waals surface area contributed by atoms with Gasteiger partial charge in [0.25, 0.3) is 0 Å². The van der Waals surface area contributed by atoms with E-state index in [2.05, 4.69) is 31.0 Å². The minimum absolute atomic E-state index is 1.25. The molecule has 0 aliphatic rings. The van der Waals surface area contributed by atoms with Crippen molar-refractivity contribution in [2.45, 2.75) is 6.92 Å². The molecule has 1 aromatic heterocycles. The molecule has 1 aromatic rings. The van der Waals surface area contributed by atoms with Gasteiger partial charge >= 0.3 is 0 Å². The molecule has 0 aliphatic heterocycles. The molecule has 2 heteroatoms. The number of hydrogen-bond donors (Lipinski definition) is 0. The topological polar surface area (TPSA) is 17.1 Å². The van der Waals surface area contributed by atoms with Crippen molar-refractivity contribution >= 4 is 17.3 Å². The Morgan fingerprint density at radius 2 is 2.33 bits per heavy atom. The number of rotatable bonds is 0. The Bertz CT molecular complexity index is 171. The largest absolute Gasteiger partial charge is 0.234 e. The molecule has 0 aliphatic carbocycles. The van der Waals surface area contributed by atoms with Crippen LogP contribution in [0, 0.1) is 6.92 Å². The van der Waals surface area contributed by atoms with Gasteiger partial charge in [-0.05, 0) is 24.9 Å². The van der Waals surface area contributed by atoms with Gasteiger partial charge in [-0.3, -0.25) is 0 Å². The van der Waals surface area contributed by atoms with E-state index in [4.69, 9.17) is 4.79 Å². The lowest BCUT2D eigenvalue weighted by molar-refractivity contribution is 0.569. The number of aryl methyl sites for hydroxylation is 1. The van der Waals surface area contributed by atoms with Crippen LogP contribution in [0.15, 0.2) is 24.1 Å². The smallest absolute Gasteiger partial charge is 0.116 e. The molecule has 0 amide bonds. The molecule has 1 nitrogen and oxygen atoms in total. The van der Waals surface area contributed by atoms with E-state index in [0.717, 1.165) is 0 Å². The van der Waals surface area contributed by atoms with Gasteiger partial charge in [-0.1, -0.05) is 6.07 Å². The lowest BCUT2D eigenvalue weighted by Crippen LogP contribution is -1.42. The van der Waals surface area contributed by atoms with Crippen LogP contribution in [0.1, 0.15) is 4.88 Å². The quantitative estimate of drug-likeness (QED) is 0.504. The summed E-state index contributed by atoms with van der Waals surface area (Å²) in [6, 6.07) is 4.16. The second-order valence-electron chi connectivity index (χ2n) is 1.37. The number of carbonyl (C=O) groups excluding carboxylic acids is 1. The third-order valence-corrected chi connectivity index (χ3v) is 1.46. The molecular weight excluding hydrogens is 132 g/mol. The molecule has 0 fully saturated rings. The Morgan fingerprint density at radius 1 is 1.78 bits per heavy atom. The first kappa shape index (κ1) is 8.15. The molecule has 1 heterocycles.